The zero-order valence-corrected chi connectivity index (χ0v) is 11.0. The molecule has 1 N–H and O–H groups in total. The van der Waals surface area contributed by atoms with E-state index in [1.165, 1.54) is 25.9 Å². The van der Waals surface area contributed by atoms with Gasteiger partial charge in [-0.25, -0.2) is 0 Å². The molecule has 1 fully saturated rings. The van der Waals surface area contributed by atoms with E-state index in [0.717, 1.165) is 12.6 Å². The van der Waals surface area contributed by atoms with E-state index in [2.05, 4.69) is 43.1 Å². The van der Waals surface area contributed by atoms with Gasteiger partial charge in [-0.3, -0.25) is 0 Å². The number of likely N-dealkylation sites (N-methyl/N-ethyl adjacent to an activating group) is 3. The Bertz CT molecular complexity index is 191. The molecule has 1 atom stereocenters. The van der Waals surface area contributed by atoms with Gasteiger partial charge in [-0.1, -0.05) is 0 Å². The molecule has 0 bridgehead atoms. The fourth-order valence-electron chi connectivity index (χ4n) is 2.39. The van der Waals surface area contributed by atoms with Crippen LogP contribution < -0.4 is 5.32 Å². The molecule has 15 heavy (non-hydrogen) atoms. The molecule has 0 amide bonds. The largest absolute Gasteiger partial charge is 0.314 e. The Morgan fingerprint density at radius 2 is 2.13 bits per heavy atom. The highest BCUT2D eigenvalue weighted by Crippen LogP contribution is 2.16. The topological polar surface area (TPSA) is 18.5 Å². The van der Waals surface area contributed by atoms with Crippen molar-refractivity contribution in [3.63, 3.8) is 0 Å². The average Bonchev–Trinajstić information content (AvgIpc) is 2.51. The van der Waals surface area contributed by atoms with E-state index in [1.54, 1.807) is 0 Å². The molecule has 0 aromatic rings. The van der Waals surface area contributed by atoms with Crippen molar-refractivity contribution < 1.29 is 0 Å². The lowest BCUT2D eigenvalue weighted by Gasteiger charge is -2.32. The van der Waals surface area contributed by atoms with Gasteiger partial charge in [0.05, 0.1) is 0 Å². The highest BCUT2D eigenvalue weighted by molar-refractivity contribution is 4.83. The first kappa shape index (κ1) is 12.9. The molecule has 1 rings (SSSR count). The predicted octanol–water partition coefficient (Wildman–Crippen LogP) is 1.01. The van der Waals surface area contributed by atoms with Gasteiger partial charge in [-0.2, -0.15) is 0 Å². The Morgan fingerprint density at radius 1 is 1.47 bits per heavy atom. The fourth-order valence-corrected chi connectivity index (χ4v) is 2.39. The minimum absolute atomic E-state index is 0.214. The molecule has 0 aromatic heterocycles. The van der Waals surface area contributed by atoms with Crippen molar-refractivity contribution in [2.75, 3.05) is 40.8 Å². The van der Waals surface area contributed by atoms with Crippen LogP contribution in [0, 0.1) is 0 Å². The summed E-state index contributed by atoms with van der Waals surface area (Å²) in [4.78, 5) is 4.94. The van der Waals surface area contributed by atoms with Crippen molar-refractivity contribution in [3.05, 3.63) is 0 Å². The smallest absolute Gasteiger partial charge is 0.0249 e. The molecular weight excluding hydrogens is 186 g/mol. The van der Waals surface area contributed by atoms with Crippen molar-refractivity contribution in [1.29, 1.82) is 0 Å². The zero-order chi connectivity index (χ0) is 11.5. The maximum Gasteiger partial charge on any atom is 0.0249 e. The van der Waals surface area contributed by atoms with Gasteiger partial charge in [0.2, 0.25) is 0 Å². The van der Waals surface area contributed by atoms with Crippen molar-refractivity contribution in [1.82, 2.24) is 15.1 Å². The average molecular weight is 213 g/mol. The minimum atomic E-state index is 0.214. The Morgan fingerprint density at radius 3 is 2.60 bits per heavy atom. The van der Waals surface area contributed by atoms with E-state index in [1.807, 2.05) is 7.05 Å². The van der Waals surface area contributed by atoms with Crippen molar-refractivity contribution in [3.8, 4) is 0 Å². The predicted molar refractivity (Wildman–Crippen MR) is 66.3 cm³/mol. The van der Waals surface area contributed by atoms with Gasteiger partial charge in [0.1, 0.15) is 0 Å². The lowest BCUT2D eigenvalue weighted by atomic mass is 10.1. The van der Waals surface area contributed by atoms with E-state index in [0.29, 0.717) is 0 Å². The molecule has 3 nitrogen and oxygen atoms in total. The third-order valence-corrected chi connectivity index (χ3v) is 3.54. The highest BCUT2D eigenvalue weighted by atomic mass is 15.2. The van der Waals surface area contributed by atoms with Gasteiger partial charge in [0.25, 0.3) is 0 Å². The first-order valence-electron chi connectivity index (χ1n) is 6.02. The van der Waals surface area contributed by atoms with E-state index < -0.39 is 0 Å². The Kier molecular flexibility index (Phi) is 4.56. The monoisotopic (exact) mass is 213 g/mol. The molecule has 1 unspecified atom stereocenters. The fraction of sp³-hybridized carbons (Fsp3) is 1.00. The molecule has 0 saturated carbocycles. The molecule has 0 aliphatic carbocycles. The molecule has 90 valence electrons. The van der Waals surface area contributed by atoms with Crippen molar-refractivity contribution >= 4 is 0 Å². The van der Waals surface area contributed by atoms with Gasteiger partial charge in [-0.15, -0.1) is 0 Å². The van der Waals surface area contributed by atoms with Crippen LogP contribution in [0.1, 0.15) is 26.7 Å². The summed E-state index contributed by atoms with van der Waals surface area (Å²) in [7, 11) is 6.51. The van der Waals surface area contributed by atoms with Crippen LogP contribution in [-0.4, -0.2) is 62.2 Å². The maximum absolute atomic E-state index is 3.35. The van der Waals surface area contributed by atoms with Gasteiger partial charge >= 0.3 is 0 Å². The van der Waals surface area contributed by atoms with E-state index in [9.17, 15) is 0 Å². The zero-order valence-electron chi connectivity index (χ0n) is 11.0. The third-order valence-electron chi connectivity index (χ3n) is 3.54. The lowest BCUT2D eigenvalue weighted by molar-refractivity contribution is 0.186. The quantitative estimate of drug-likeness (QED) is 0.735. The number of likely N-dealkylation sites (tertiary alicyclic amines) is 1. The van der Waals surface area contributed by atoms with Gasteiger partial charge in [0, 0.05) is 24.7 Å². The Balaban J connectivity index is 2.32. The van der Waals surface area contributed by atoms with Crippen LogP contribution in [-0.2, 0) is 0 Å². The summed E-state index contributed by atoms with van der Waals surface area (Å²) in [6.07, 6.45) is 2.73. The molecule has 3 heteroatoms. The number of nitrogens with zero attached hydrogens (tertiary/aromatic N) is 2. The van der Waals surface area contributed by atoms with E-state index in [4.69, 9.17) is 0 Å². The van der Waals surface area contributed by atoms with Crippen LogP contribution in [0.15, 0.2) is 0 Å². The second-order valence-corrected chi connectivity index (χ2v) is 5.61. The molecule has 0 aromatic carbocycles. The van der Waals surface area contributed by atoms with Crippen LogP contribution >= 0.6 is 0 Å². The molecule has 1 saturated heterocycles. The van der Waals surface area contributed by atoms with E-state index in [-0.39, 0.29) is 5.54 Å². The van der Waals surface area contributed by atoms with Gasteiger partial charge < -0.3 is 15.1 Å². The first-order chi connectivity index (χ1) is 6.94. The summed E-state index contributed by atoms with van der Waals surface area (Å²) in [5.41, 5.74) is 0.214. The lowest BCUT2D eigenvalue weighted by Crippen LogP contribution is -2.48. The van der Waals surface area contributed by atoms with Crippen molar-refractivity contribution in [2.45, 2.75) is 38.3 Å². The number of hydrogen-bond acceptors (Lipinski definition) is 3. The van der Waals surface area contributed by atoms with E-state index >= 15 is 0 Å². The molecule has 0 radical (unpaired) electrons. The van der Waals surface area contributed by atoms with Crippen LogP contribution in [0.25, 0.3) is 0 Å². The first-order valence-corrected chi connectivity index (χ1v) is 6.02. The van der Waals surface area contributed by atoms with Crippen LogP contribution in [0.3, 0.4) is 0 Å². The number of rotatable bonds is 5. The summed E-state index contributed by atoms with van der Waals surface area (Å²) in [6.45, 7) is 8.08. The summed E-state index contributed by atoms with van der Waals surface area (Å²) in [5.74, 6) is 0. The standard InChI is InChI=1S/C12H27N3/c1-12(2,13-3)10-14(4)9-11-7-6-8-15(11)5/h11,13H,6-10H2,1-5H3. The molecule has 0 spiro atoms. The van der Waals surface area contributed by atoms with Crippen LogP contribution in [0.5, 0.6) is 0 Å². The molecular formula is C12H27N3. The molecule has 1 aliphatic rings. The minimum Gasteiger partial charge on any atom is -0.314 e. The van der Waals surface area contributed by atoms with Gasteiger partial charge in [0.15, 0.2) is 0 Å². The van der Waals surface area contributed by atoms with Crippen LogP contribution in [0.4, 0.5) is 0 Å². The highest BCUT2D eigenvalue weighted by Gasteiger charge is 2.24. The number of hydrogen-bond donors (Lipinski definition) is 1. The summed E-state index contributed by atoms with van der Waals surface area (Å²) >= 11 is 0. The molecule has 1 heterocycles. The summed E-state index contributed by atoms with van der Waals surface area (Å²) < 4.78 is 0. The second-order valence-electron chi connectivity index (χ2n) is 5.61. The SMILES string of the molecule is CNC(C)(C)CN(C)CC1CCCN1C. The van der Waals surface area contributed by atoms with Crippen molar-refractivity contribution in [2.24, 2.45) is 0 Å². The summed E-state index contributed by atoms with van der Waals surface area (Å²) in [5, 5.41) is 3.35. The second kappa shape index (κ2) is 5.28. The number of nitrogens with one attached hydrogen (secondary N) is 1. The maximum atomic E-state index is 3.35. The third kappa shape index (κ3) is 4.09. The normalized spacial score (nSPS) is 24.0. The van der Waals surface area contributed by atoms with Crippen LogP contribution in [0.2, 0.25) is 0 Å². The Labute approximate surface area is 94.8 Å². The Hall–Kier alpha value is -0.120. The van der Waals surface area contributed by atoms with Gasteiger partial charge in [-0.05, 0) is 54.4 Å². The summed E-state index contributed by atoms with van der Waals surface area (Å²) in [6, 6.07) is 0.766. The molecule has 1 aliphatic heterocycles.